The largest absolute Gasteiger partial charge is 0.481 e. The number of carboxylic acids is 1. The monoisotopic (exact) mass is 285 g/mol. The van der Waals surface area contributed by atoms with Crippen molar-refractivity contribution < 1.29 is 9.90 Å². The molecule has 0 aliphatic heterocycles. The molecule has 1 aromatic rings. The normalized spacial score (nSPS) is 12.4. The Morgan fingerprint density at radius 3 is 2.81 bits per heavy atom. The number of carboxylic acid groups (broad SMARTS) is 1. The summed E-state index contributed by atoms with van der Waals surface area (Å²) < 4.78 is 1.08. The Hall–Kier alpha value is -0.870. The van der Waals surface area contributed by atoms with E-state index in [4.69, 9.17) is 10.8 Å². The molecule has 0 aliphatic carbocycles. The number of aliphatic carboxylic acids is 1. The van der Waals surface area contributed by atoms with Gasteiger partial charge in [0.2, 0.25) is 0 Å². The molecule has 1 rings (SSSR count). The molecule has 1 unspecified atom stereocenters. The first kappa shape index (κ1) is 13.2. The minimum absolute atomic E-state index is 0.0864. The van der Waals surface area contributed by atoms with Gasteiger partial charge in [0.05, 0.1) is 0 Å². The molecular weight excluding hydrogens is 270 g/mol. The van der Waals surface area contributed by atoms with Crippen molar-refractivity contribution in [2.75, 3.05) is 0 Å². The Bertz CT molecular complexity index is 379. The highest BCUT2D eigenvalue weighted by Gasteiger charge is 2.07. The molecule has 0 radical (unpaired) electrons. The summed E-state index contributed by atoms with van der Waals surface area (Å²) in [4.78, 5) is 10.4. The number of halogens is 1. The van der Waals surface area contributed by atoms with E-state index in [9.17, 15) is 4.79 Å². The van der Waals surface area contributed by atoms with E-state index in [1.165, 1.54) is 5.56 Å². The van der Waals surface area contributed by atoms with Crippen molar-refractivity contribution in [3.05, 3.63) is 33.8 Å². The van der Waals surface area contributed by atoms with Gasteiger partial charge in [0.1, 0.15) is 0 Å². The molecule has 0 heterocycles. The molecule has 1 atom stereocenters. The first-order chi connectivity index (χ1) is 7.49. The summed E-state index contributed by atoms with van der Waals surface area (Å²) in [6, 6.07) is 5.99. The summed E-state index contributed by atoms with van der Waals surface area (Å²) in [5.41, 5.74) is 8.19. The molecular formula is C12H16BrNO2. The third-order valence-corrected chi connectivity index (χ3v) is 3.34. The van der Waals surface area contributed by atoms with Gasteiger partial charge in [0.15, 0.2) is 0 Å². The van der Waals surface area contributed by atoms with Gasteiger partial charge in [-0.2, -0.15) is 0 Å². The summed E-state index contributed by atoms with van der Waals surface area (Å²) in [5, 5.41) is 8.55. The molecule has 0 amide bonds. The van der Waals surface area contributed by atoms with Gasteiger partial charge in [0, 0.05) is 16.9 Å². The second-order valence-corrected chi connectivity index (χ2v) is 4.83. The Balaban J connectivity index is 2.52. The predicted molar refractivity (Wildman–Crippen MR) is 67.4 cm³/mol. The third kappa shape index (κ3) is 4.33. The van der Waals surface area contributed by atoms with Crippen molar-refractivity contribution in [1.82, 2.24) is 0 Å². The van der Waals surface area contributed by atoms with Crippen LogP contribution in [0.4, 0.5) is 0 Å². The van der Waals surface area contributed by atoms with Gasteiger partial charge in [-0.25, -0.2) is 0 Å². The van der Waals surface area contributed by atoms with E-state index in [-0.39, 0.29) is 12.5 Å². The van der Waals surface area contributed by atoms with E-state index in [1.54, 1.807) is 0 Å². The van der Waals surface area contributed by atoms with Crippen LogP contribution >= 0.6 is 15.9 Å². The predicted octanol–water partition coefficient (Wildman–Crippen LogP) is 2.49. The molecule has 0 aromatic heterocycles. The fourth-order valence-corrected chi connectivity index (χ4v) is 1.79. The number of nitrogens with two attached hydrogens (primary N) is 1. The van der Waals surface area contributed by atoms with Crippen LogP contribution in [0, 0.1) is 6.92 Å². The lowest BCUT2D eigenvalue weighted by atomic mass is 10.0. The lowest BCUT2D eigenvalue weighted by molar-refractivity contribution is -0.137. The first-order valence-corrected chi connectivity index (χ1v) is 6.00. The maximum Gasteiger partial charge on any atom is 0.303 e. The number of benzene rings is 1. The summed E-state index contributed by atoms with van der Waals surface area (Å²) in [6.07, 6.45) is 1.38. The van der Waals surface area contributed by atoms with Crippen LogP contribution in [-0.4, -0.2) is 17.1 Å². The molecule has 16 heavy (non-hydrogen) atoms. The molecule has 4 heteroatoms. The SMILES string of the molecule is Cc1cc(CC(N)CCC(=O)O)ccc1Br. The van der Waals surface area contributed by atoms with E-state index < -0.39 is 5.97 Å². The molecule has 0 saturated carbocycles. The van der Waals surface area contributed by atoms with Crippen LogP contribution in [0.25, 0.3) is 0 Å². The number of aryl methyl sites for hydroxylation is 1. The summed E-state index contributed by atoms with van der Waals surface area (Å²) in [7, 11) is 0. The zero-order valence-electron chi connectivity index (χ0n) is 9.24. The Morgan fingerprint density at radius 2 is 2.25 bits per heavy atom. The summed E-state index contributed by atoms with van der Waals surface area (Å²) in [6.45, 7) is 2.02. The van der Waals surface area contributed by atoms with Crippen molar-refractivity contribution in [1.29, 1.82) is 0 Å². The molecule has 0 spiro atoms. The average molecular weight is 286 g/mol. The van der Waals surface area contributed by atoms with Gasteiger partial charge in [-0.1, -0.05) is 28.1 Å². The molecule has 0 saturated heterocycles. The lowest BCUT2D eigenvalue weighted by Gasteiger charge is -2.11. The molecule has 0 aliphatic rings. The van der Waals surface area contributed by atoms with Crippen molar-refractivity contribution in [2.45, 2.75) is 32.2 Å². The summed E-state index contributed by atoms with van der Waals surface area (Å²) >= 11 is 3.44. The quantitative estimate of drug-likeness (QED) is 0.874. The fourth-order valence-electron chi connectivity index (χ4n) is 1.55. The Kier molecular flexibility index (Phi) is 4.96. The fraction of sp³-hybridized carbons (Fsp3) is 0.417. The highest BCUT2D eigenvalue weighted by Crippen LogP contribution is 2.18. The first-order valence-electron chi connectivity index (χ1n) is 5.21. The minimum Gasteiger partial charge on any atom is -0.481 e. The van der Waals surface area contributed by atoms with Crippen molar-refractivity contribution in [3.8, 4) is 0 Å². The number of carbonyl (C=O) groups is 1. The van der Waals surface area contributed by atoms with Gasteiger partial charge in [-0.05, 0) is 37.0 Å². The maximum atomic E-state index is 10.4. The van der Waals surface area contributed by atoms with E-state index in [1.807, 2.05) is 19.1 Å². The zero-order chi connectivity index (χ0) is 12.1. The Labute approximate surface area is 104 Å². The number of rotatable bonds is 5. The van der Waals surface area contributed by atoms with E-state index in [0.717, 1.165) is 16.5 Å². The van der Waals surface area contributed by atoms with Crippen LogP contribution < -0.4 is 5.73 Å². The maximum absolute atomic E-state index is 10.4. The second-order valence-electron chi connectivity index (χ2n) is 3.98. The molecule has 0 fully saturated rings. The van der Waals surface area contributed by atoms with Crippen LogP contribution in [0.3, 0.4) is 0 Å². The smallest absolute Gasteiger partial charge is 0.303 e. The Morgan fingerprint density at radius 1 is 1.56 bits per heavy atom. The molecule has 0 bridgehead atoms. The van der Waals surface area contributed by atoms with Gasteiger partial charge in [0.25, 0.3) is 0 Å². The van der Waals surface area contributed by atoms with Gasteiger partial charge >= 0.3 is 5.97 Å². The van der Waals surface area contributed by atoms with Crippen LogP contribution in [0.2, 0.25) is 0 Å². The van der Waals surface area contributed by atoms with Crippen LogP contribution in [0.1, 0.15) is 24.0 Å². The zero-order valence-corrected chi connectivity index (χ0v) is 10.8. The van der Waals surface area contributed by atoms with E-state index >= 15 is 0 Å². The van der Waals surface area contributed by atoms with E-state index in [2.05, 4.69) is 22.0 Å². The molecule has 3 N–H and O–H groups in total. The number of hydrogen-bond donors (Lipinski definition) is 2. The minimum atomic E-state index is -0.789. The highest BCUT2D eigenvalue weighted by atomic mass is 79.9. The van der Waals surface area contributed by atoms with E-state index in [0.29, 0.717) is 6.42 Å². The molecule has 1 aromatic carbocycles. The van der Waals surface area contributed by atoms with Crippen molar-refractivity contribution in [2.24, 2.45) is 5.73 Å². The standard InChI is InChI=1S/C12H16BrNO2/c1-8-6-9(2-4-11(8)13)7-10(14)3-5-12(15)16/h2,4,6,10H,3,5,7,14H2,1H3,(H,15,16). The average Bonchev–Trinajstić information content (AvgIpc) is 2.21. The topological polar surface area (TPSA) is 63.3 Å². The number of hydrogen-bond acceptors (Lipinski definition) is 2. The van der Waals surface area contributed by atoms with Crippen LogP contribution in [0.15, 0.2) is 22.7 Å². The van der Waals surface area contributed by atoms with Gasteiger partial charge in [-0.15, -0.1) is 0 Å². The van der Waals surface area contributed by atoms with Crippen molar-refractivity contribution >= 4 is 21.9 Å². The summed E-state index contributed by atoms with van der Waals surface area (Å²) in [5.74, 6) is -0.789. The van der Waals surface area contributed by atoms with Crippen LogP contribution in [-0.2, 0) is 11.2 Å². The third-order valence-electron chi connectivity index (χ3n) is 2.45. The van der Waals surface area contributed by atoms with Gasteiger partial charge in [-0.3, -0.25) is 4.79 Å². The molecule has 88 valence electrons. The highest BCUT2D eigenvalue weighted by molar-refractivity contribution is 9.10. The lowest BCUT2D eigenvalue weighted by Crippen LogP contribution is -2.23. The second kappa shape index (κ2) is 6.01. The van der Waals surface area contributed by atoms with Crippen LogP contribution in [0.5, 0.6) is 0 Å². The van der Waals surface area contributed by atoms with Gasteiger partial charge < -0.3 is 10.8 Å². The van der Waals surface area contributed by atoms with Crippen molar-refractivity contribution in [3.63, 3.8) is 0 Å². The molecule has 3 nitrogen and oxygen atoms in total.